The maximum absolute atomic E-state index is 12.6. The van der Waals surface area contributed by atoms with Crippen molar-refractivity contribution in [2.45, 2.75) is 26.0 Å². The number of nitrogens with one attached hydrogen (secondary N) is 1. The van der Waals surface area contributed by atoms with E-state index in [1.807, 2.05) is 0 Å². The Balaban J connectivity index is 1.59. The minimum Gasteiger partial charge on any atom is -0.381 e. The summed E-state index contributed by atoms with van der Waals surface area (Å²) >= 11 is 6.00. The highest BCUT2D eigenvalue weighted by Gasteiger charge is 2.41. The van der Waals surface area contributed by atoms with Gasteiger partial charge in [-0.1, -0.05) is 17.7 Å². The van der Waals surface area contributed by atoms with Gasteiger partial charge in [0.25, 0.3) is 5.91 Å². The molecule has 2 heterocycles. The van der Waals surface area contributed by atoms with Gasteiger partial charge in [0.15, 0.2) is 0 Å². The van der Waals surface area contributed by atoms with Gasteiger partial charge in [0.1, 0.15) is 0 Å². The predicted octanol–water partition coefficient (Wildman–Crippen LogP) is 2.44. The van der Waals surface area contributed by atoms with E-state index in [9.17, 15) is 4.79 Å². The van der Waals surface area contributed by atoms with Crippen LogP contribution in [-0.4, -0.2) is 62.4 Å². The lowest BCUT2D eigenvalue weighted by atomic mass is 9.82. The zero-order valence-electron chi connectivity index (χ0n) is 14.9. The minimum atomic E-state index is -0.0546. The van der Waals surface area contributed by atoms with Crippen LogP contribution in [0.2, 0.25) is 5.02 Å². The van der Waals surface area contributed by atoms with Crippen LogP contribution in [0.1, 0.15) is 24.2 Å². The van der Waals surface area contributed by atoms with E-state index >= 15 is 0 Å². The number of benzene rings is 1. The first-order valence-electron chi connectivity index (χ1n) is 9.01. The van der Waals surface area contributed by atoms with Crippen LogP contribution < -0.4 is 5.32 Å². The van der Waals surface area contributed by atoms with Crippen LogP contribution in [0, 0.1) is 11.8 Å². The first-order chi connectivity index (χ1) is 12.0. The summed E-state index contributed by atoms with van der Waals surface area (Å²) in [6, 6.07) is 7.24. The number of nitrogens with zero attached hydrogens (tertiary/aromatic N) is 1. The molecule has 0 saturated carbocycles. The molecular weight excluding hydrogens is 340 g/mol. The lowest BCUT2D eigenvalue weighted by Gasteiger charge is -2.47. The molecule has 2 aliphatic rings. The van der Waals surface area contributed by atoms with Crippen molar-refractivity contribution in [2.24, 2.45) is 11.8 Å². The molecule has 1 aromatic rings. The Labute approximate surface area is 154 Å². The van der Waals surface area contributed by atoms with E-state index in [0.29, 0.717) is 35.6 Å². The lowest BCUT2D eigenvalue weighted by molar-refractivity contribution is -0.0681. The van der Waals surface area contributed by atoms with Crippen molar-refractivity contribution in [3.05, 3.63) is 34.9 Å². The van der Waals surface area contributed by atoms with Gasteiger partial charge in [-0.05, 0) is 32.0 Å². The molecule has 5 nitrogen and oxygen atoms in total. The van der Waals surface area contributed by atoms with E-state index in [0.717, 1.165) is 26.2 Å². The van der Waals surface area contributed by atoms with Gasteiger partial charge in [-0.15, -0.1) is 0 Å². The van der Waals surface area contributed by atoms with Crippen LogP contribution in [0.15, 0.2) is 24.3 Å². The van der Waals surface area contributed by atoms with E-state index in [4.69, 9.17) is 21.1 Å². The second kappa shape index (κ2) is 8.49. The van der Waals surface area contributed by atoms with E-state index in [2.05, 4.69) is 24.1 Å². The maximum Gasteiger partial charge on any atom is 0.251 e. The van der Waals surface area contributed by atoms with Crippen molar-refractivity contribution in [1.29, 1.82) is 0 Å². The fourth-order valence-electron chi connectivity index (χ4n) is 3.73. The number of carbonyl (C=O) groups is 1. The summed E-state index contributed by atoms with van der Waals surface area (Å²) in [4.78, 5) is 15.0. The molecule has 3 rings (SSSR count). The molecule has 2 atom stereocenters. The van der Waals surface area contributed by atoms with E-state index in [-0.39, 0.29) is 18.1 Å². The molecular formula is C19H27ClN2O3. The molecule has 0 spiro atoms. The van der Waals surface area contributed by atoms with Crippen molar-refractivity contribution in [2.75, 3.05) is 39.5 Å². The van der Waals surface area contributed by atoms with Gasteiger partial charge >= 0.3 is 0 Å². The maximum atomic E-state index is 12.6. The minimum absolute atomic E-state index is 0.0546. The number of amides is 1. The Morgan fingerprint density at radius 3 is 2.72 bits per heavy atom. The van der Waals surface area contributed by atoms with Crippen LogP contribution >= 0.6 is 11.6 Å². The number of hydrogen-bond acceptors (Lipinski definition) is 4. The average molecular weight is 367 g/mol. The second-order valence-corrected chi connectivity index (χ2v) is 7.68. The van der Waals surface area contributed by atoms with Crippen LogP contribution in [-0.2, 0) is 9.47 Å². The smallest absolute Gasteiger partial charge is 0.251 e. The summed E-state index contributed by atoms with van der Waals surface area (Å²) in [6.07, 6.45) is 0.261. The molecule has 1 N–H and O–H groups in total. The monoisotopic (exact) mass is 366 g/mol. The summed E-state index contributed by atoms with van der Waals surface area (Å²) in [6.45, 7) is 9.03. The summed E-state index contributed by atoms with van der Waals surface area (Å²) in [7, 11) is 0. The van der Waals surface area contributed by atoms with Gasteiger partial charge in [-0.25, -0.2) is 0 Å². The van der Waals surface area contributed by atoms with E-state index in [1.54, 1.807) is 24.3 Å². The zero-order chi connectivity index (χ0) is 17.8. The molecule has 25 heavy (non-hydrogen) atoms. The number of rotatable bonds is 6. The largest absolute Gasteiger partial charge is 0.381 e. The SMILES string of the molecule is CC(C)OCCN1CC2COCC(C1)C2NC(=O)c1cccc(Cl)c1. The molecule has 2 saturated heterocycles. The molecule has 2 aliphatic heterocycles. The third-order valence-electron chi connectivity index (χ3n) is 4.91. The zero-order valence-corrected chi connectivity index (χ0v) is 15.7. The van der Waals surface area contributed by atoms with Crippen molar-refractivity contribution < 1.29 is 14.3 Å². The van der Waals surface area contributed by atoms with Crippen LogP contribution in [0.5, 0.6) is 0 Å². The molecule has 0 radical (unpaired) electrons. The van der Waals surface area contributed by atoms with Gasteiger partial charge in [0.05, 0.1) is 25.9 Å². The van der Waals surface area contributed by atoms with E-state index in [1.165, 1.54) is 0 Å². The quantitative estimate of drug-likeness (QED) is 0.840. The fourth-order valence-corrected chi connectivity index (χ4v) is 3.92. The molecule has 138 valence electrons. The van der Waals surface area contributed by atoms with Crippen molar-refractivity contribution in [3.8, 4) is 0 Å². The number of halogens is 1. The Bertz CT molecular complexity index is 582. The number of piperidine rings is 1. The Kier molecular flexibility index (Phi) is 6.34. The molecule has 1 amide bonds. The first-order valence-corrected chi connectivity index (χ1v) is 9.39. The van der Waals surface area contributed by atoms with Crippen LogP contribution in [0.4, 0.5) is 0 Å². The van der Waals surface area contributed by atoms with Crippen molar-refractivity contribution in [1.82, 2.24) is 10.2 Å². The van der Waals surface area contributed by atoms with E-state index < -0.39 is 0 Å². The second-order valence-electron chi connectivity index (χ2n) is 7.25. The topological polar surface area (TPSA) is 50.8 Å². The van der Waals surface area contributed by atoms with Crippen LogP contribution in [0.3, 0.4) is 0 Å². The summed E-state index contributed by atoms with van der Waals surface area (Å²) < 4.78 is 11.4. The van der Waals surface area contributed by atoms with Gasteiger partial charge in [0.2, 0.25) is 0 Å². The Morgan fingerprint density at radius 1 is 1.36 bits per heavy atom. The number of ether oxygens (including phenoxy) is 2. The summed E-state index contributed by atoms with van der Waals surface area (Å²) in [5, 5.41) is 3.80. The molecule has 2 fully saturated rings. The van der Waals surface area contributed by atoms with Gasteiger partial charge in [-0.3, -0.25) is 4.79 Å². The lowest BCUT2D eigenvalue weighted by Crippen LogP contribution is -2.61. The number of fused-ring (bicyclic) bond motifs is 2. The third kappa shape index (κ3) is 4.94. The number of likely N-dealkylation sites (tertiary alicyclic amines) is 1. The average Bonchev–Trinajstić information content (AvgIpc) is 2.55. The molecule has 6 heteroatoms. The number of carbonyl (C=O) groups excluding carboxylic acids is 1. The van der Waals surface area contributed by atoms with Gasteiger partial charge < -0.3 is 19.7 Å². The molecule has 2 unspecified atom stereocenters. The van der Waals surface area contributed by atoms with Crippen LogP contribution in [0.25, 0.3) is 0 Å². The molecule has 0 aliphatic carbocycles. The first kappa shape index (κ1) is 18.6. The highest BCUT2D eigenvalue weighted by molar-refractivity contribution is 6.30. The Morgan fingerprint density at radius 2 is 2.08 bits per heavy atom. The number of hydrogen-bond donors (Lipinski definition) is 1. The third-order valence-corrected chi connectivity index (χ3v) is 5.14. The van der Waals surface area contributed by atoms with Gasteiger partial charge in [-0.2, -0.15) is 0 Å². The van der Waals surface area contributed by atoms with Gasteiger partial charge in [0, 0.05) is 48.1 Å². The normalized spacial score (nSPS) is 26.6. The summed E-state index contributed by atoms with van der Waals surface area (Å²) in [5.74, 6) is 0.574. The fraction of sp³-hybridized carbons (Fsp3) is 0.632. The predicted molar refractivity (Wildman–Crippen MR) is 98.0 cm³/mol. The van der Waals surface area contributed by atoms with Crippen molar-refractivity contribution in [3.63, 3.8) is 0 Å². The Hall–Kier alpha value is -1.14. The molecule has 0 aromatic heterocycles. The molecule has 2 bridgehead atoms. The highest BCUT2D eigenvalue weighted by atomic mass is 35.5. The van der Waals surface area contributed by atoms with Crippen molar-refractivity contribution >= 4 is 17.5 Å². The molecule has 1 aromatic carbocycles. The summed E-state index contributed by atoms with van der Waals surface area (Å²) in [5.41, 5.74) is 0.610. The standard InChI is InChI=1S/C19H27ClN2O3/c1-13(2)25-7-6-22-9-15-11-24-12-16(10-22)18(15)21-19(23)14-4-3-5-17(20)8-14/h3-5,8,13,15-16,18H,6-7,9-12H2,1-2H3,(H,21,23). The highest BCUT2D eigenvalue weighted by Crippen LogP contribution is 2.28.